The normalized spacial score (nSPS) is 18.5. The molecule has 29 heavy (non-hydrogen) atoms. The van der Waals surface area contributed by atoms with E-state index in [0.29, 0.717) is 6.54 Å². The summed E-state index contributed by atoms with van der Waals surface area (Å²) < 4.78 is 52.3. The van der Waals surface area contributed by atoms with E-state index in [0.717, 1.165) is 34.2 Å². The van der Waals surface area contributed by atoms with Gasteiger partial charge < -0.3 is 13.9 Å². The van der Waals surface area contributed by atoms with Crippen molar-refractivity contribution in [3.05, 3.63) is 59.9 Å². The van der Waals surface area contributed by atoms with E-state index in [9.17, 15) is 13.2 Å². The van der Waals surface area contributed by atoms with Gasteiger partial charge >= 0.3 is 13.3 Å². The molecule has 1 saturated heterocycles. The molecule has 0 spiro atoms. The molecule has 8 heteroatoms. The first-order valence-corrected chi connectivity index (χ1v) is 9.43. The Kier molecular flexibility index (Phi) is 4.55. The monoisotopic (exact) mass is 402 g/mol. The Morgan fingerprint density at radius 1 is 1.00 bits per heavy atom. The molecule has 4 nitrogen and oxygen atoms in total. The minimum Gasteiger partial charge on any atom is -0.399 e. The van der Waals surface area contributed by atoms with Gasteiger partial charge in [0.2, 0.25) is 0 Å². The molecule has 0 unspecified atom stereocenters. The second-order valence-corrected chi connectivity index (χ2v) is 8.41. The van der Waals surface area contributed by atoms with Crippen LogP contribution in [0.1, 0.15) is 38.8 Å². The molecule has 0 aliphatic carbocycles. The van der Waals surface area contributed by atoms with Gasteiger partial charge in [0.05, 0.1) is 16.8 Å². The second-order valence-electron chi connectivity index (χ2n) is 8.41. The van der Waals surface area contributed by atoms with Crippen LogP contribution in [0.5, 0.6) is 0 Å². The van der Waals surface area contributed by atoms with Crippen LogP contribution in [-0.2, 0) is 22.0 Å². The zero-order valence-corrected chi connectivity index (χ0v) is 16.7. The number of benzene rings is 1. The third-order valence-corrected chi connectivity index (χ3v) is 5.78. The number of rotatable bonds is 3. The zero-order chi connectivity index (χ0) is 21.0. The minimum atomic E-state index is -4.33. The number of fused-ring (bicyclic) bond motifs is 1. The standard InChI is InChI=1S/C21H22BF3N2O2/c1-19(2)20(3,4)29-22(28-19)17-11-15-9-10-27(18(15)26-12-17)13-14-5-7-16(8-6-14)21(23,24)25/h5-12H,13H2,1-4H3. The van der Waals surface area contributed by atoms with Crippen LogP contribution in [0, 0.1) is 0 Å². The molecule has 1 aliphatic heterocycles. The van der Waals surface area contributed by atoms with Crippen molar-refractivity contribution in [2.75, 3.05) is 0 Å². The minimum absolute atomic E-state index is 0.429. The third kappa shape index (κ3) is 3.67. The molecule has 152 valence electrons. The Morgan fingerprint density at radius 3 is 2.21 bits per heavy atom. The SMILES string of the molecule is CC1(C)OB(c2cnc3c(ccn3Cc3ccc(C(F)(F)F)cc3)c2)OC1(C)C. The summed E-state index contributed by atoms with van der Waals surface area (Å²) in [7, 11) is -0.491. The fraction of sp³-hybridized carbons (Fsp3) is 0.381. The fourth-order valence-corrected chi connectivity index (χ4v) is 3.33. The summed E-state index contributed by atoms with van der Waals surface area (Å²) in [6.07, 6.45) is -0.721. The van der Waals surface area contributed by atoms with E-state index in [2.05, 4.69) is 4.98 Å². The van der Waals surface area contributed by atoms with Crippen LogP contribution >= 0.6 is 0 Å². The summed E-state index contributed by atoms with van der Waals surface area (Å²) in [4.78, 5) is 4.56. The molecule has 4 rings (SSSR count). The Bertz CT molecular complexity index is 1030. The topological polar surface area (TPSA) is 36.3 Å². The first-order chi connectivity index (χ1) is 13.5. The van der Waals surface area contributed by atoms with Crippen molar-refractivity contribution in [1.29, 1.82) is 0 Å². The molecule has 1 fully saturated rings. The van der Waals surface area contributed by atoms with Gasteiger partial charge in [-0.15, -0.1) is 0 Å². The Hall–Kier alpha value is -2.32. The van der Waals surface area contributed by atoms with Crippen LogP contribution in [0.15, 0.2) is 48.8 Å². The molecule has 1 aromatic carbocycles. The lowest BCUT2D eigenvalue weighted by Gasteiger charge is -2.32. The maximum absolute atomic E-state index is 12.7. The number of aromatic nitrogens is 2. The second kappa shape index (κ2) is 6.60. The van der Waals surface area contributed by atoms with Crippen molar-refractivity contribution in [3.8, 4) is 0 Å². The van der Waals surface area contributed by atoms with Gasteiger partial charge in [0.15, 0.2) is 0 Å². The van der Waals surface area contributed by atoms with Crippen molar-refractivity contribution in [3.63, 3.8) is 0 Å². The molecule has 0 atom stereocenters. The molecule has 3 aromatic rings. The average molecular weight is 402 g/mol. The van der Waals surface area contributed by atoms with E-state index in [-0.39, 0.29) is 0 Å². The van der Waals surface area contributed by atoms with Crippen molar-refractivity contribution < 1.29 is 22.5 Å². The quantitative estimate of drug-likeness (QED) is 0.610. The molecular weight excluding hydrogens is 380 g/mol. The van der Waals surface area contributed by atoms with Crippen LogP contribution in [0.3, 0.4) is 0 Å². The van der Waals surface area contributed by atoms with Gasteiger partial charge in [0, 0.05) is 29.8 Å². The van der Waals surface area contributed by atoms with E-state index in [1.165, 1.54) is 12.1 Å². The van der Waals surface area contributed by atoms with Crippen molar-refractivity contribution in [1.82, 2.24) is 9.55 Å². The molecule has 0 N–H and O–H groups in total. The van der Waals surface area contributed by atoms with Crippen LogP contribution in [0.4, 0.5) is 13.2 Å². The fourth-order valence-electron chi connectivity index (χ4n) is 3.33. The lowest BCUT2D eigenvalue weighted by atomic mass is 9.80. The van der Waals surface area contributed by atoms with Crippen LogP contribution < -0.4 is 5.46 Å². The van der Waals surface area contributed by atoms with Gasteiger partial charge in [-0.25, -0.2) is 4.98 Å². The Labute approximate surface area is 167 Å². The van der Waals surface area contributed by atoms with Crippen LogP contribution in [0.25, 0.3) is 11.0 Å². The summed E-state index contributed by atoms with van der Waals surface area (Å²) in [6, 6.07) is 9.10. The Balaban J connectivity index is 1.56. The number of pyridine rings is 1. The summed E-state index contributed by atoms with van der Waals surface area (Å²) in [6.45, 7) is 8.43. The molecule has 0 amide bonds. The number of alkyl halides is 3. The van der Waals surface area contributed by atoms with Gasteiger partial charge in [0.25, 0.3) is 0 Å². The molecule has 2 aromatic heterocycles. The van der Waals surface area contributed by atoms with E-state index in [1.807, 2.05) is 50.6 Å². The van der Waals surface area contributed by atoms with E-state index in [1.54, 1.807) is 6.20 Å². The maximum Gasteiger partial charge on any atom is 0.496 e. The highest BCUT2D eigenvalue weighted by molar-refractivity contribution is 6.62. The average Bonchev–Trinajstić information content (AvgIpc) is 3.12. The molecular formula is C21H22BF3N2O2. The lowest BCUT2D eigenvalue weighted by molar-refractivity contribution is -0.137. The lowest BCUT2D eigenvalue weighted by Crippen LogP contribution is -2.41. The van der Waals surface area contributed by atoms with Crippen LogP contribution in [0.2, 0.25) is 0 Å². The van der Waals surface area contributed by atoms with Gasteiger partial charge in [-0.2, -0.15) is 13.2 Å². The summed E-state index contributed by atoms with van der Waals surface area (Å²) in [5, 5.41) is 0.920. The van der Waals surface area contributed by atoms with Crippen molar-refractivity contribution >= 4 is 23.6 Å². The Morgan fingerprint density at radius 2 is 1.62 bits per heavy atom. The molecule has 1 aliphatic rings. The smallest absolute Gasteiger partial charge is 0.399 e. The molecule has 3 heterocycles. The van der Waals surface area contributed by atoms with Crippen molar-refractivity contribution in [2.45, 2.75) is 51.6 Å². The molecule has 0 radical (unpaired) electrons. The third-order valence-electron chi connectivity index (χ3n) is 5.78. The number of hydrogen-bond acceptors (Lipinski definition) is 3. The van der Waals surface area contributed by atoms with Gasteiger partial charge in [0.1, 0.15) is 5.65 Å². The summed E-state index contributed by atoms with van der Waals surface area (Å²) in [5.74, 6) is 0. The number of nitrogens with zero attached hydrogens (tertiary/aromatic N) is 2. The summed E-state index contributed by atoms with van der Waals surface area (Å²) >= 11 is 0. The van der Waals surface area contributed by atoms with Crippen LogP contribution in [-0.4, -0.2) is 27.9 Å². The molecule has 0 bridgehead atoms. The number of halogens is 3. The van der Waals surface area contributed by atoms with Gasteiger partial charge in [-0.3, -0.25) is 0 Å². The highest BCUT2D eigenvalue weighted by Gasteiger charge is 2.51. The van der Waals surface area contributed by atoms with E-state index in [4.69, 9.17) is 9.31 Å². The molecule has 0 saturated carbocycles. The summed E-state index contributed by atoms with van der Waals surface area (Å²) in [5.41, 5.74) is 0.854. The highest BCUT2D eigenvalue weighted by Crippen LogP contribution is 2.36. The largest absolute Gasteiger partial charge is 0.496 e. The maximum atomic E-state index is 12.7. The van der Waals surface area contributed by atoms with Crippen molar-refractivity contribution in [2.24, 2.45) is 0 Å². The highest BCUT2D eigenvalue weighted by atomic mass is 19.4. The first kappa shape index (κ1) is 20.0. The predicted octanol–water partition coefficient (Wildman–Crippen LogP) is 4.40. The first-order valence-electron chi connectivity index (χ1n) is 9.43. The predicted molar refractivity (Wildman–Crippen MR) is 106 cm³/mol. The van der Waals surface area contributed by atoms with Gasteiger partial charge in [-0.05, 0) is 57.5 Å². The zero-order valence-electron chi connectivity index (χ0n) is 16.7. The van der Waals surface area contributed by atoms with E-state index < -0.39 is 30.1 Å². The van der Waals surface area contributed by atoms with E-state index >= 15 is 0 Å². The number of hydrogen-bond donors (Lipinski definition) is 0. The van der Waals surface area contributed by atoms with Gasteiger partial charge in [-0.1, -0.05) is 12.1 Å².